The summed E-state index contributed by atoms with van der Waals surface area (Å²) < 4.78 is 0. The van der Waals surface area contributed by atoms with Gasteiger partial charge in [0.05, 0.1) is 6.61 Å². The van der Waals surface area contributed by atoms with Gasteiger partial charge in [-0.1, -0.05) is 88.8 Å². The topological polar surface area (TPSA) is 125 Å². The Labute approximate surface area is 232 Å². The number of benzene rings is 1. The lowest BCUT2D eigenvalue weighted by Gasteiger charge is -2.41. The summed E-state index contributed by atoms with van der Waals surface area (Å²) in [6, 6.07) is 5.93. The van der Waals surface area contributed by atoms with E-state index < -0.39 is 30.6 Å². The second-order valence-corrected chi connectivity index (χ2v) is 11.9. The van der Waals surface area contributed by atoms with Gasteiger partial charge in [-0.3, -0.25) is 14.4 Å². The minimum Gasteiger partial charge on any atom is -0.394 e. The minimum atomic E-state index is -1.09. The van der Waals surface area contributed by atoms with Crippen LogP contribution in [-0.4, -0.2) is 65.5 Å². The number of hydrogen-bond acceptors (Lipinski definition) is 5. The molecule has 0 aromatic heterocycles. The molecule has 0 radical (unpaired) electrons. The van der Waals surface area contributed by atoms with Crippen LogP contribution in [0, 0.1) is 11.8 Å². The molecule has 5 N–H and O–H groups in total. The predicted octanol–water partition coefficient (Wildman–Crippen LogP) is 2.88. The molecule has 1 aromatic carbocycles. The number of amides is 3. The van der Waals surface area contributed by atoms with Crippen LogP contribution in [0.2, 0.25) is 0 Å². The Morgan fingerprint density at radius 2 is 1.77 bits per heavy atom. The number of nitrogens with one attached hydrogen (secondary N) is 2. The molecule has 4 rings (SSSR count). The Balaban J connectivity index is 1.44. The summed E-state index contributed by atoms with van der Waals surface area (Å²) in [5.41, 5.74) is 8.31. The highest BCUT2D eigenvalue weighted by atomic mass is 16.3. The van der Waals surface area contributed by atoms with Gasteiger partial charge >= 0.3 is 0 Å². The first kappa shape index (κ1) is 29.3. The van der Waals surface area contributed by atoms with Crippen molar-refractivity contribution >= 4 is 23.8 Å². The monoisotopic (exact) mass is 538 g/mol. The van der Waals surface area contributed by atoms with E-state index in [1.165, 1.54) is 17.5 Å². The molecule has 1 heterocycles. The number of aliphatic hydroxyl groups is 1. The van der Waals surface area contributed by atoms with Crippen molar-refractivity contribution in [3.8, 4) is 0 Å². The largest absolute Gasteiger partial charge is 0.394 e. The molecule has 3 amide bonds. The van der Waals surface area contributed by atoms with Crippen molar-refractivity contribution in [2.24, 2.45) is 17.6 Å². The Morgan fingerprint density at radius 3 is 2.44 bits per heavy atom. The van der Waals surface area contributed by atoms with Crippen LogP contribution in [-0.2, 0) is 19.8 Å². The highest BCUT2D eigenvalue weighted by Crippen LogP contribution is 2.43. The number of fused-ring (bicyclic) bond motifs is 2. The number of nitrogens with two attached hydrogens (primary N) is 1. The molecule has 4 atom stereocenters. The van der Waals surface area contributed by atoms with Crippen LogP contribution in [0.25, 0.3) is 6.08 Å². The number of piperidine rings is 1. The second-order valence-electron chi connectivity index (χ2n) is 11.9. The molecule has 39 heavy (non-hydrogen) atoms. The van der Waals surface area contributed by atoms with Gasteiger partial charge in [0, 0.05) is 18.5 Å². The summed E-state index contributed by atoms with van der Waals surface area (Å²) in [7, 11) is 0. The maximum Gasteiger partial charge on any atom is 0.245 e. The Morgan fingerprint density at radius 1 is 1.08 bits per heavy atom. The van der Waals surface area contributed by atoms with Crippen molar-refractivity contribution in [3.05, 3.63) is 41.5 Å². The minimum absolute atomic E-state index is 0.0245. The van der Waals surface area contributed by atoms with Crippen molar-refractivity contribution in [1.82, 2.24) is 15.5 Å². The molecule has 8 nitrogen and oxygen atoms in total. The molecule has 3 aliphatic rings. The third-order valence-corrected chi connectivity index (χ3v) is 9.28. The number of hydrogen-bond donors (Lipinski definition) is 4. The van der Waals surface area contributed by atoms with Crippen molar-refractivity contribution in [2.45, 2.75) is 95.2 Å². The van der Waals surface area contributed by atoms with Gasteiger partial charge in [-0.25, -0.2) is 0 Å². The molecule has 214 valence electrons. The molecule has 1 aromatic rings. The number of allylic oxidation sites excluding steroid dienone is 1. The molecule has 8 heteroatoms. The first-order valence-electron chi connectivity index (χ1n) is 14.8. The summed E-state index contributed by atoms with van der Waals surface area (Å²) >= 11 is 0. The van der Waals surface area contributed by atoms with Crippen LogP contribution >= 0.6 is 0 Å². The lowest BCUT2D eigenvalue weighted by atomic mass is 9.74. The van der Waals surface area contributed by atoms with Gasteiger partial charge in [0.25, 0.3) is 0 Å². The zero-order valence-electron chi connectivity index (χ0n) is 23.5. The van der Waals surface area contributed by atoms with Crippen LogP contribution < -0.4 is 16.4 Å². The number of rotatable bonds is 10. The quantitative estimate of drug-likeness (QED) is 0.365. The van der Waals surface area contributed by atoms with E-state index in [-0.39, 0.29) is 23.1 Å². The number of nitrogens with zero attached hydrogens (tertiary/aromatic N) is 1. The first-order valence-corrected chi connectivity index (χ1v) is 14.8. The highest BCUT2D eigenvalue weighted by Gasteiger charge is 2.41. The van der Waals surface area contributed by atoms with Crippen LogP contribution in [0.5, 0.6) is 0 Å². The molecule has 0 bridgehead atoms. The molecule has 1 aliphatic heterocycles. The molecular weight excluding hydrogens is 492 g/mol. The number of carbonyl (C=O) groups excluding carboxylic acids is 3. The Kier molecular flexibility index (Phi) is 9.83. The van der Waals surface area contributed by atoms with E-state index >= 15 is 0 Å². The first-order chi connectivity index (χ1) is 18.8. The van der Waals surface area contributed by atoms with Crippen LogP contribution in [0.3, 0.4) is 0 Å². The molecule has 1 saturated carbocycles. The zero-order valence-corrected chi connectivity index (χ0v) is 23.5. The van der Waals surface area contributed by atoms with Crippen molar-refractivity contribution < 1.29 is 19.5 Å². The van der Waals surface area contributed by atoms with E-state index in [9.17, 15) is 19.5 Å². The lowest BCUT2D eigenvalue weighted by molar-refractivity contribution is -0.140. The lowest BCUT2D eigenvalue weighted by Crippen LogP contribution is -2.59. The maximum absolute atomic E-state index is 13.8. The smallest absolute Gasteiger partial charge is 0.245 e. The summed E-state index contributed by atoms with van der Waals surface area (Å²) in [6.07, 6.45) is 12.9. The van der Waals surface area contributed by atoms with Crippen LogP contribution in [0.15, 0.2) is 30.3 Å². The fourth-order valence-electron chi connectivity index (χ4n) is 6.48. The van der Waals surface area contributed by atoms with Gasteiger partial charge in [0.15, 0.2) is 0 Å². The van der Waals surface area contributed by atoms with Crippen molar-refractivity contribution in [2.75, 3.05) is 19.7 Å². The van der Waals surface area contributed by atoms with E-state index in [1.54, 1.807) is 0 Å². The normalized spacial score (nSPS) is 21.6. The van der Waals surface area contributed by atoms with Gasteiger partial charge in [-0.15, -0.1) is 0 Å². The van der Waals surface area contributed by atoms with E-state index in [0.717, 1.165) is 44.9 Å². The maximum atomic E-state index is 13.8. The fourth-order valence-corrected chi connectivity index (χ4v) is 6.48. The van der Waals surface area contributed by atoms with Gasteiger partial charge in [-0.2, -0.15) is 0 Å². The Hall–Kier alpha value is -2.71. The SMILES string of the molecule is CC[C@H](C)[C@H](NC(=O)[C@H](CC1CCCCC1)NC(=O)[C@@H](N)CO)C(=O)N1CCC2(C=Cc3ccccc32)CC1. The van der Waals surface area contributed by atoms with Crippen molar-refractivity contribution in [1.29, 1.82) is 0 Å². The second kappa shape index (κ2) is 13.1. The predicted molar refractivity (Wildman–Crippen MR) is 153 cm³/mol. The summed E-state index contributed by atoms with van der Waals surface area (Å²) in [5, 5.41) is 15.1. The molecule has 0 unspecified atom stereocenters. The van der Waals surface area contributed by atoms with Gasteiger partial charge < -0.3 is 26.4 Å². The Bertz CT molecular complexity index is 1040. The number of carbonyl (C=O) groups is 3. The van der Waals surface area contributed by atoms with E-state index in [4.69, 9.17) is 5.73 Å². The van der Waals surface area contributed by atoms with Crippen LogP contribution in [0.4, 0.5) is 0 Å². The molecule has 2 fully saturated rings. The highest BCUT2D eigenvalue weighted by molar-refractivity contribution is 5.93. The van der Waals surface area contributed by atoms with Gasteiger partial charge in [0.1, 0.15) is 18.1 Å². The summed E-state index contributed by atoms with van der Waals surface area (Å²) in [6.45, 7) is 4.78. The van der Waals surface area contributed by atoms with E-state index in [2.05, 4.69) is 47.1 Å². The molecular formula is C31H46N4O4. The molecule has 1 spiro atoms. The standard InChI is InChI=1S/C31H46N4O4/c1-3-21(2)27(30(39)35-17-15-31(16-18-35)14-13-23-11-7-8-12-24(23)31)34-29(38)26(33-28(37)25(32)20-36)19-22-9-5-4-6-10-22/h7-8,11-14,21-22,25-27,36H,3-6,9-10,15-20,32H2,1-2H3,(H,33,37)(H,34,38)/t21-,25-,26-,27-/m0/s1. The summed E-state index contributed by atoms with van der Waals surface area (Å²) in [5.74, 6) is -0.684. The average molecular weight is 539 g/mol. The third-order valence-electron chi connectivity index (χ3n) is 9.28. The number of aliphatic hydroxyl groups excluding tert-OH is 1. The van der Waals surface area contributed by atoms with E-state index in [0.29, 0.717) is 25.4 Å². The van der Waals surface area contributed by atoms with Gasteiger partial charge in [0.2, 0.25) is 17.7 Å². The average Bonchev–Trinajstić information content (AvgIpc) is 3.32. The van der Waals surface area contributed by atoms with Crippen LogP contribution in [0.1, 0.15) is 82.8 Å². The number of likely N-dealkylation sites (tertiary alicyclic amines) is 1. The fraction of sp³-hybridized carbons (Fsp3) is 0.645. The molecule has 1 saturated heterocycles. The summed E-state index contributed by atoms with van der Waals surface area (Å²) in [4.78, 5) is 41.9. The third kappa shape index (κ3) is 6.72. The van der Waals surface area contributed by atoms with E-state index in [1.807, 2.05) is 18.7 Å². The zero-order chi connectivity index (χ0) is 28.0. The van der Waals surface area contributed by atoms with Crippen molar-refractivity contribution in [3.63, 3.8) is 0 Å². The van der Waals surface area contributed by atoms with Gasteiger partial charge in [-0.05, 0) is 42.2 Å². The molecule has 2 aliphatic carbocycles.